The number of nitrogens with one attached hydrogen (secondary N) is 1. The van der Waals surface area contributed by atoms with Gasteiger partial charge < -0.3 is 15.2 Å². The van der Waals surface area contributed by atoms with Crippen LogP contribution >= 0.6 is 0 Å². The Hall–Kier alpha value is -1.88. The molecule has 0 fully saturated rings. The lowest BCUT2D eigenvalue weighted by Gasteiger charge is -2.17. The molecule has 1 rings (SSSR count). The molecule has 0 saturated heterocycles. The van der Waals surface area contributed by atoms with Gasteiger partial charge in [-0.2, -0.15) is 0 Å². The monoisotopic (exact) mass is 279 g/mol. The van der Waals surface area contributed by atoms with Gasteiger partial charge in [0.05, 0.1) is 6.61 Å². The van der Waals surface area contributed by atoms with E-state index in [1.165, 1.54) is 0 Å². The van der Waals surface area contributed by atoms with Crippen molar-refractivity contribution in [3.05, 3.63) is 35.4 Å². The molecule has 0 radical (unpaired) electrons. The minimum absolute atomic E-state index is 0.186. The maximum absolute atomic E-state index is 12.2. The molecule has 1 aromatic carbocycles. The number of methoxy groups -OCH3 is 1. The van der Waals surface area contributed by atoms with Crippen LogP contribution < -0.4 is 5.32 Å². The minimum Gasteiger partial charge on any atom is -0.480 e. The van der Waals surface area contributed by atoms with Crippen molar-refractivity contribution >= 4 is 11.9 Å². The summed E-state index contributed by atoms with van der Waals surface area (Å²) in [5.41, 5.74) is 1.19. The van der Waals surface area contributed by atoms with Crippen LogP contribution in [-0.4, -0.2) is 30.1 Å². The number of rotatable bonds is 7. The minimum atomic E-state index is -1.02. The maximum atomic E-state index is 12.2. The second-order valence-electron chi connectivity index (χ2n) is 5.08. The highest BCUT2D eigenvalue weighted by atomic mass is 16.5. The summed E-state index contributed by atoms with van der Waals surface area (Å²) in [6.45, 7) is 4.15. The number of aliphatic carboxylic acids is 1. The first-order valence-corrected chi connectivity index (χ1v) is 6.56. The fraction of sp³-hybridized carbons (Fsp3) is 0.467. The Morgan fingerprint density at radius 2 is 1.95 bits per heavy atom. The first-order valence-electron chi connectivity index (χ1n) is 6.56. The van der Waals surface area contributed by atoms with Gasteiger partial charge in [0, 0.05) is 12.7 Å². The number of carboxylic acid groups (broad SMARTS) is 1. The van der Waals surface area contributed by atoms with E-state index in [1.807, 2.05) is 19.9 Å². The molecule has 0 aliphatic rings. The normalized spacial score (nSPS) is 12.2. The number of carbonyl (C=O) groups excluding carboxylic acids is 1. The van der Waals surface area contributed by atoms with Gasteiger partial charge in [0.2, 0.25) is 0 Å². The molecule has 0 bridgehead atoms. The van der Waals surface area contributed by atoms with Crippen molar-refractivity contribution in [2.24, 2.45) is 5.92 Å². The Kier molecular flexibility index (Phi) is 6.18. The number of carboxylic acids is 1. The van der Waals surface area contributed by atoms with E-state index >= 15 is 0 Å². The van der Waals surface area contributed by atoms with E-state index in [4.69, 9.17) is 9.84 Å². The molecule has 5 heteroatoms. The molecule has 1 amide bonds. The second-order valence-corrected chi connectivity index (χ2v) is 5.08. The van der Waals surface area contributed by atoms with E-state index in [1.54, 1.807) is 25.3 Å². The summed E-state index contributed by atoms with van der Waals surface area (Å²) in [6.07, 6.45) is 0.396. The van der Waals surface area contributed by atoms with Crippen molar-refractivity contribution in [3.63, 3.8) is 0 Å². The number of hydrogen-bond donors (Lipinski definition) is 2. The Morgan fingerprint density at radius 1 is 1.30 bits per heavy atom. The smallest absolute Gasteiger partial charge is 0.326 e. The van der Waals surface area contributed by atoms with Gasteiger partial charge in [-0.15, -0.1) is 0 Å². The van der Waals surface area contributed by atoms with Crippen molar-refractivity contribution in [1.82, 2.24) is 5.32 Å². The Bertz CT molecular complexity index is 471. The zero-order chi connectivity index (χ0) is 15.1. The number of hydrogen-bond acceptors (Lipinski definition) is 3. The van der Waals surface area contributed by atoms with Crippen LogP contribution in [0.25, 0.3) is 0 Å². The quantitative estimate of drug-likeness (QED) is 0.801. The number of ether oxygens (including phenoxy) is 1. The van der Waals surface area contributed by atoms with Crippen molar-refractivity contribution in [3.8, 4) is 0 Å². The zero-order valence-electron chi connectivity index (χ0n) is 12.1. The third-order valence-electron chi connectivity index (χ3n) is 2.87. The lowest BCUT2D eigenvalue weighted by Crippen LogP contribution is -2.41. The van der Waals surface area contributed by atoms with Crippen LogP contribution in [0.15, 0.2) is 24.3 Å². The highest BCUT2D eigenvalue weighted by Crippen LogP contribution is 2.12. The lowest BCUT2D eigenvalue weighted by molar-refractivity contribution is -0.139. The SMILES string of the molecule is COCc1ccccc1C(=O)N[C@H](CC(C)C)C(=O)O. The first-order chi connectivity index (χ1) is 9.45. The summed E-state index contributed by atoms with van der Waals surface area (Å²) >= 11 is 0. The summed E-state index contributed by atoms with van der Waals surface area (Å²) in [4.78, 5) is 23.4. The third kappa shape index (κ3) is 4.66. The molecule has 1 aromatic rings. The van der Waals surface area contributed by atoms with Gasteiger partial charge in [0.15, 0.2) is 0 Å². The van der Waals surface area contributed by atoms with Gasteiger partial charge in [-0.25, -0.2) is 4.79 Å². The molecule has 0 aliphatic carbocycles. The molecule has 2 N–H and O–H groups in total. The zero-order valence-corrected chi connectivity index (χ0v) is 12.1. The average molecular weight is 279 g/mol. The number of benzene rings is 1. The van der Waals surface area contributed by atoms with Gasteiger partial charge >= 0.3 is 5.97 Å². The summed E-state index contributed by atoms with van der Waals surface area (Å²) in [6, 6.07) is 6.13. The van der Waals surface area contributed by atoms with Crippen LogP contribution in [0.1, 0.15) is 36.2 Å². The summed E-state index contributed by atoms with van der Waals surface area (Å²) in [5.74, 6) is -1.22. The molecule has 0 aliphatic heterocycles. The second kappa shape index (κ2) is 7.65. The molecule has 0 saturated carbocycles. The Balaban J connectivity index is 2.86. The fourth-order valence-corrected chi connectivity index (χ4v) is 1.95. The van der Waals surface area contributed by atoms with E-state index in [2.05, 4.69) is 5.32 Å². The Labute approximate surface area is 118 Å². The van der Waals surface area contributed by atoms with Crippen molar-refractivity contribution < 1.29 is 19.4 Å². The van der Waals surface area contributed by atoms with Crippen LogP contribution in [0.3, 0.4) is 0 Å². The van der Waals surface area contributed by atoms with Crippen molar-refractivity contribution in [1.29, 1.82) is 0 Å². The van der Waals surface area contributed by atoms with Crippen molar-refractivity contribution in [2.75, 3.05) is 7.11 Å². The van der Waals surface area contributed by atoms with E-state index in [0.717, 1.165) is 5.56 Å². The molecule has 0 aromatic heterocycles. The predicted octanol–water partition coefficient (Wildman–Crippen LogP) is 2.06. The molecule has 0 unspecified atom stereocenters. The lowest BCUT2D eigenvalue weighted by atomic mass is 10.0. The summed E-state index contributed by atoms with van der Waals surface area (Å²) < 4.78 is 5.04. The van der Waals surface area contributed by atoms with E-state index in [-0.39, 0.29) is 11.8 Å². The summed E-state index contributed by atoms with van der Waals surface area (Å²) in [7, 11) is 1.55. The van der Waals surface area contributed by atoms with Crippen molar-refractivity contribution in [2.45, 2.75) is 32.9 Å². The summed E-state index contributed by atoms with van der Waals surface area (Å²) in [5, 5.41) is 11.7. The van der Waals surface area contributed by atoms with Gasteiger partial charge in [0.1, 0.15) is 6.04 Å². The highest BCUT2D eigenvalue weighted by molar-refractivity contribution is 5.97. The van der Waals surface area contributed by atoms with Crippen LogP contribution in [0, 0.1) is 5.92 Å². The topological polar surface area (TPSA) is 75.6 Å². The van der Waals surface area contributed by atoms with Crippen LogP contribution in [0.5, 0.6) is 0 Å². The van der Waals surface area contributed by atoms with Crippen LogP contribution in [0.4, 0.5) is 0 Å². The highest BCUT2D eigenvalue weighted by Gasteiger charge is 2.22. The molecule has 20 heavy (non-hydrogen) atoms. The standard InChI is InChI=1S/C15H21NO4/c1-10(2)8-13(15(18)19)16-14(17)12-7-5-4-6-11(12)9-20-3/h4-7,10,13H,8-9H2,1-3H3,(H,16,17)(H,18,19)/t13-/m1/s1. The van der Waals surface area contributed by atoms with Gasteiger partial charge in [0.25, 0.3) is 5.91 Å². The Morgan fingerprint density at radius 3 is 2.50 bits per heavy atom. The van der Waals surface area contributed by atoms with Crippen LogP contribution in [-0.2, 0) is 16.1 Å². The molecule has 0 heterocycles. The fourth-order valence-electron chi connectivity index (χ4n) is 1.95. The number of amides is 1. The predicted molar refractivity (Wildman–Crippen MR) is 75.5 cm³/mol. The number of carbonyl (C=O) groups is 2. The molecular formula is C15H21NO4. The van der Waals surface area contributed by atoms with E-state index in [0.29, 0.717) is 18.6 Å². The molecule has 5 nitrogen and oxygen atoms in total. The largest absolute Gasteiger partial charge is 0.480 e. The molecule has 1 atom stereocenters. The van der Waals surface area contributed by atoms with Crippen LogP contribution in [0.2, 0.25) is 0 Å². The van der Waals surface area contributed by atoms with Gasteiger partial charge in [-0.05, 0) is 24.0 Å². The molecule has 0 spiro atoms. The van der Waals surface area contributed by atoms with E-state index < -0.39 is 12.0 Å². The first kappa shape index (κ1) is 16.2. The van der Waals surface area contributed by atoms with E-state index in [9.17, 15) is 9.59 Å². The maximum Gasteiger partial charge on any atom is 0.326 e. The molecule has 110 valence electrons. The average Bonchev–Trinajstić information content (AvgIpc) is 2.38. The van der Waals surface area contributed by atoms with Gasteiger partial charge in [-0.1, -0.05) is 32.0 Å². The molecular weight excluding hydrogens is 258 g/mol. The van der Waals surface area contributed by atoms with Gasteiger partial charge in [-0.3, -0.25) is 4.79 Å². The third-order valence-corrected chi connectivity index (χ3v) is 2.87.